The third kappa shape index (κ3) is 6.84. The van der Waals surface area contributed by atoms with Crippen LogP contribution in [0.1, 0.15) is 44.9 Å². The highest BCUT2D eigenvalue weighted by Gasteiger charge is 2.39. The second-order valence-corrected chi connectivity index (χ2v) is 13.6. The molecular formula is C30H40N4O6S. The van der Waals surface area contributed by atoms with Gasteiger partial charge in [-0.1, -0.05) is 30.3 Å². The second kappa shape index (κ2) is 11.7. The fourth-order valence-electron chi connectivity index (χ4n) is 4.88. The molecule has 1 saturated heterocycles. The zero-order chi connectivity index (χ0) is 30.0. The van der Waals surface area contributed by atoms with Crippen LogP contribution in [0, 0.1) is 6.92 Å². The van der Waals surface area contributed by atoms with E-state index in [0.29, 0.717) is 49.7 Å². The van der Waals surface area contributed by atoms with Crippen molar-refractivity contribution in [2.24, 2.45) is 0 Å². The highest BCUT2D eigenvalue weighted by atomic mass is 32.2. The normalized spacial score (nSPS) is 15.6. The Bertz CT molecular complexity index is 1470. The van der Waals surface area contributed by atoms with Crippen molar-refractivity contribution in [3.05, 3.63) is 66.0 Å². The van der Waals surface area contributed by atoms with Crippen molar-refractivity contribution < 1.29 is 27.4 Å². The number of benzene rings is 2. The minimum Gasteiger partial charge on any atom is -0.497 e. The molecular weight excluding hydrogens is 544 g/mol. The summed E-state index contributed by atoms with van der Waals surface area (Å²) in [7, 11) is 0.856. The first-order valence-corrected chi connectivity index (χ1v) is 15.0. The van der Waals surface area contributed by atoms with E-state index in [9.17, 15) is 13.2 Å². The zero-order valence-corrected chi connectivity index (χ0v) is 25.7. The molecule has 0 radical (unpaired) electrons. The molecule has 0 bridgehead atoms. The molecule has 1 aliphatic heterocycles. The molecule has 0 atom stereocenters. The number of ether oxygens (including phenoxy) is 3. The van der Waals surface area contributed by atoms with Crippen molar-refractivity contribution in [2.75, 3.05) is 40.9 Å². The maximum atomic E-state index is 12.8. The van der Waals surface area contributed by atoms with Crippen LogP contribution in [-0.4, -0.2) is 79.4 Å². The molecule has 2 aromatic carbocycles. The van der Waals surface area contributed by atoms with Crippen molar-refractivity contribution in [3.63, 3.8) is 0 Å². The number of methoxy groups -OCH3 is 1. The molecule has 222 valence electrons. The number of likely N-dealkylation sites (tertiary alicyclic amines) is 1. The van der Waals surface area contributed by atoms with Gasteiger partial charge in [0.15, 0.2) is 0 Å². The quantitative estimate of drug-likeness (QED) is 0.372. The van der Waals surface area contributed by atoms with Gasteiger partial charge in [0, 0.05) is 44.2 Å². The summed E-state index contributed by atoms with van der Waals surface area (Å²) in [6.45, 7) is 8.87. The van der Waals surface area contributed by atoms with Crippen molar-refractivity contribution in [1.29, 1.82) is 0 Å². The van der Waals surface area contributed by atoms with E-state index < -0.39 is 15.8 Å². The fourth-order valence-corrected chi connectivity index (χ4v) is 5.68. The molecule has 11 heteroatoms. The number of carbonyl (C=O) groups excluding carboxylic acids is 1. The molecule has 41 heavy (non-hydrogen) atoms. The van der Waals surface area contributed by atoms with Crippen LogP contribution in [-0.2, 0) is 20.4 Å². The predicted octanol–water partition coefficient (Wildman–Crippen LogP) is 4.87. The Morgan fingerprint density at radius 3 is 2.27 bits per heavy atom. The minimum atomic E-state index is -3.71. The summed E-state index contributed by atoms with van der Waals surface area (Å²) in [6, 6.07) is 15.6. The van der Waals surface area contributed by atoms with Gasteiger partial charge < -0.3 is 19.1 Å². The van der Waals surface area contributed by atoms with Crippen LogP contribution in [0.25, 0.3) is 11.1 Å². The van der Waals surface area contributed by atoms with E-state index in [2.05, 4.69) is 17.2 Å². The summed E-state index contributed by atoms with van der Waals surface area (Å²) in [5.41, 5.74) is 2.39. The van der Waals surface area contributed by atoms with E-state index in [1.54, 1.807) is 25.1 Å². The van der Waals surface area contributed by atoms with E-state index in [1.165, 1.54) is 14.1 Å². The minimum absolute atomic E-state index is 0.310. The molecule has 1 aliphatic rings. The van der Waals surface area contributed by atoms with Crippen molar-refractivity contribution in [2.45, 2.75) is 51.6 Å². The number of hydrogen-bond acceptors (Lipinski definition) is 7. The van der Waals surface area contributed by atoms with Gasteiger partial charge in [-0.3, -0.25) is 0 Å². The molecule has 4 rings (SSSR count). The number of carbonyl (C=O) groups is 1. The highest BCUT2D eigenvalue weighted by Crippen LogP contribution is 2.38. The molecule has 0 N–H and O–H groups in total. The lowest BCUT2D eigenvalue weighted by Gasteiger charge is -2.42. The Kier molecular flexibility index (Phi) is 8.70. The molecule has 3 aromatic rings. The number of aromatic nitrogens is 2. The van der Waals surface area contributed by atoms with E-state index in [-0.39, 0.29) is 11.5 Å². The SMILES string of the molecule is COc1cccc(OCC2(c3ccc(-c4cn(S(=O)(=O)N(C)C)nc4C)cc3)CCN(C(=O)OC(C)(C)C)CC2)c1. The Morgan fingerprint density at radius 1 is 1.05 bits per heavy atom. The van der Waals surface area contributed by atoms with Gasteiger partial charge >= 0.3 is 16.3 Å². The van der Waals surface area contributed by atoms with Gasteiger partial charge in [0.05, 0.1) is 25.6 Å². The number of piperidine rings is 1. The summed E-state index contributed by atoms with van der Waals surface area (Å²) in [5, 5.41) is 4.24. The summed E-state index contributed by atoms with van der Waals surface area (Å²) < 4.78 is 44.6. The number of amides is 1. The lowest BCUT2D eigenvalue weighted by atomic mass is 9.73. The van der Waals surface area contributed by atoms with Crippen molar-refractivity contribution in [1.82, 2.24) is 18.4 Å². The molecule has 0 unspecified atom stereocenters. The first-order valence-electron chi connectivity index (χ1n) is 13.6. The maximum absolute atomic E-state index is 12.8. The zero-order valence-electron chi connectivity index (χ0n) is 24.9. The fraction of sp³-hybridized carbons (Fsp3) is 0.467. The van der Waals surface area contributed by atoms with E-state index >= 15 is 0 Å². The Hall–Kier alpha value is -3.57. The summed E-state index contributed by atoms with van der Waals surface area (Å²) in [6.07, 6.45) is 2.61. The smallest absolute Gasteiger partial charge is 0.410 e. The van der Waals surface area contributed by atoms with Gasteiger partial charge in [-0.15, -0.1) is 0 Å². The molecule has 0 aliphatic carbocycles. The van der Waals surface area contributed by atoms with Gasteiger partial charge in [0.1, 0.15) is 17.1 Å². The van der Waals surface area contributed by atoms with Crippen LogP contribution in [0.15, 0.2) is 54.7 Å². The average molecular weight is 585 g/mol. The maximum Gasteiger partial charge on any atom is 0.410 e. The van der Waals surface area contributed by atoms with Crippen LogP contribution in [0.3, 0.4) is 0 Å². The molecule has 1 aromatic heterocycles. The van der Waals surface area contributed by atoms with Crippen molar-refractivity contribution in [3.8, 4) is 22.6 Å². The summed E-state index contributed by atoms with van der Waals surface area (Å²) in [4.78, 5) is 14.5. The van der Waals surface area contributed by atoms with E-state index in [4.69, 9.17) is 14.2 Å². The van der Waals surface area contributed by atoms with E-state index in [0.717, 1.165) is 25.1 Å². The largest absolute Gasteiger partial charge is 0.497 e. The molecule has 2 heterocycles. The third-order valence-electron chi connectivity index (χ3n) is 7.31. The first kappa shape index (κ1) is 30.4. The third-order valence-corrected chi connectivity index (χ3v) is 8.90. The van der Waals surface area contributed by atoms with Crippen molar-refractivity contribution >= 4 is 16.3 Å². The first-order chi connectivity index (χ1) is 19.2. The second-order valence-electron chi connectivity index (χ2n) is 11.6. The predicted molar refractivity (Wildman–Crippen MR) is 158 cm³/mol. The summed E-state index contributed by atoms with van der Waals surface area (Å²) in [5.74, 6) is 1.42. The highest BCUT2D eigenvalue weighted by molar-refractivity contribution is 7.87. The lowest BCUT2D eigenvalue weighted by Crippen LogP contribution is -2.49. The molecule has 10 nitrogen and oxygen atoms in total. The van der Waals surface area contributed by atoms with Gasteiger partial charge in [0.2, 0.25) is 0 Å². The van der Waals surface area contributed by atoms with Gasteiger partial charge in [0.25, 0.3) is 0 Å². The number of nitrogens with zero attached hydrogens (tertiary/aromatic N) is 4. The monoisotopic (exact) mass is 584 g/mol. The standard InChI is InChI=1S/C30H40N4O6S/c1-22-27(20-34(31-22)41(36,37)32(5)6)23-11-13-24(14-12-23)30(21-39-26-10-8-9-25(19-26)38-7)15-17-33(18-16-30)28(35)40-29(2,3)4/h8-14,19-20H,15-18,21H2,1-7H3. The Morgan fingerprint density at radius 2 is 1.68 bits per heavy atom. The molecule has 0 saturated carbocycles. The van der Waals surface area contributed by atoms with Gasteiger partial charge in [-0.2, -0.15) is 21.9 Å². The number of hydrogen-bond donors (Lipinski definition) is 0. The van der Waals surface area contributed by atoms with Crippen LogP contribution in [0.4, 0.5) is 4.79 Å². The number of rotatable bonds is 8. The van der Waals surface area contributed by atoms with E-state index in [1.807, 2.05) is 57.2 Å². The Labute approximate surface area is 243 Å². The Balaban J connectivity index is 1.61. The van der Waals surface area contributed by atoms with Gasteiger partial charge in [-0.05, 0) is 63.8 Å². The van der Waals surface area contributed by atoms with Crippen LogP contribution in [0.5, 0.6) is 11.5 Å². The number of aryl methyl sites for hydroxylation is 1. The average Bonchev–Trinajstić information content (AvgIpc) is 3.33. The lowest BCUT2D eigenvalue weighted by molar-refractivity contribution is 0.0133. The topological polar surface area (TPSA) is 103 Å². The molecule has 1 amide bonds. The van der Waals surface area contributed by atoms with Gasteiger partial charge in [-0.25, -0.2) is 4.79 Å². The molecule has 0 spiro atoms. The van der Waals surface area contributed by atoms with Crippen LogP contribution in [0.2, 0.25) is 0 Å². The molecule has 1 fully saturated rings. The van der Waals surface area contributed by atoms with Crippen LogP contribution >= 0.6 is 0 Å². The van der Waals surface area contributed by atoms with Crippen LogP contribution < -0.4 is 9.47 Å². The summed E-state index contributed by atoms with van der Waals surface area (Å²) >= 11 is 0.